The van der Waals surface area contributed by atoms with Gasteiger partial charge in [-0.25, -0.2) is 8.78 Å². The minimum atomic E-state index is -1.06. The molecular weight excluding hydrogens is 138 g/mol. The SMILES string of the molecule is C=C/C(F)=C(O)\C(F)=C/C. The molecule has 56 valence electrons. The summed E-state index contributed by atoms with van der Waals surface area (Å²) in [7, 11) is 0. The van der Waals surface area contributed by atoms with Crippen LogP contribution >= 0.6 is 0 Å². The lowest BCUT2D eigenvalue weighted by Crippen LogP contribution is -1.83. The normalized spacial score (nSPS) is 14.5. The average Bonchev–Trinajstić information content (AvgIpc) is 2.00. The molecule has 0 aliphatic carbocycles. The van der Waals surface area contributed by atoms with Gasteiger partial charge in [0.15, 0.2) is 17.4 Å². The summed E-state index contributed by atoms with van der Waals surface area (Å²) in [5, 5.41) is 8.58. The largest absolute Gasteiger partial charge is 0.503 e. The summed E-state index contributed by atoms with van der Waals surface area (Å²) in [5.41, 5.74) is 0. The van der Waals surface area contributed by atoms with Crippen LogP contribution in [0.4, 0.5) is 8.78 Å². The summed E-state index contributed by atoms with van der Waals surface area (Å²) < 4.78 is 24.4. The molecule has 0 atom stereocenters. The Hall–Kier alpha value is -1.12. The van der Waals surface area contributed by atoms with Crippen molar-refractivity contribution in [3.8, 4) is 0 Å². The summed E-state index contributed by atoms with van der Waals surface area (Å²) in [5.74, 6) is -3.05. The number of aliphatic hydroxyl groups excluding tert-OH is 1. The third-order valence-electron chi connectivity index (χ3n) is 0.885. The average molecular weight is 146 g/mol. The third kappa shape index (κ3) is 2.01. The van der Waals surface area contributed by atoms with Crippen LogP contribution in [0, 0.1) is 0 Å². The van der Waals surface area contributed by atoms with Crippen LogP contribution in [-0.4, -0.2) is 5.11 Å². The van der Waals surface area contributed by atoms with Crippen molar-refractivity contribution >= 4 is 0 Å². The molecule has 0 aromatic rings. The Morgan fingerprint density at radius 2 is 2.00 bits per heavy atom. The van der Waals surface area contributed by atoms with E-state index in [1.165, 1.54) is 6.92 Å². The Balaban J connectivity index is 4.63. The minimum absolute atomic E-state index is 0.735. The summed E-state index contributed by atoms with van der Waals surface area (Å²) >= 11 is 0. The Morgan fingerprint density at radius 1 is 1.50 bits per heavy atom. The number of hydrogen-bond donors (Lipinski definition) is 1. The van der Waals surface area contributed by atoms with Gasteiger partial charge in [-0.3, -0.25) is 0 Å². The standard InChI is InChI=1S/C7H8F2O/c1-3-5(8)7(10)6(9)4-2/h3-4,10H,1H2,2H3/b6-4+,7-5-. The third-order valence-corrected chi connectivity index (χ3v) is 0.885. The zero-order valence-electron chi connectivity index (χ0n) is 5.56. The Morgan fingerprint density at radius 3 is 2.30 bits per heavy atom. The van der Waals surface area contributed by atoms with Crippen LogP contribution in [0.25, 0.3) is 0 Å². The van der Waals surface area contributed by atoms with E-state index in [9.17, 15) is 8.78 Å². The fourth-order valence-electron chi connectivity index (χ4n) is 0.347. The van der Waals surface area contributed by atoms with E-state index in [4.69, 9.17) is 5.11 Å². The highest BCUT2D eigenvalue weighted by Crippen LogP contribution is 2.14. The highest BCUT2D eigenvalue weighted by atomic mass is 19.1. The number of rotatable bonds is 2. The highest BCUT2D eigenvalue weighted by molar-refractivity contribution is 5.25. The maximum absolute atomic E-state index is 12.2. The molecule has 10 heavy (non-hydrogen) atoms. The van der Waals surface area contributed by atoms with Crippen LogP contribution in [0.1, 0.15) is 6.92 Å². The fourth-order valence-corrected chi connectivity index (χ4v) is 0.347. The van der Waals surface area contributed by atoms with Crippen molar-refractivity contribution in [2.45, 2.75) is 6.92 Å². The minimum Gasteiger partial charge on any atom is -0.503 e. The Labute approximate surface area is 58.0 Å². The van der Waals surface area contributed by atoms with E-state index in [0.29, 0.717) is 0 Å². The molecule has 0 bridgehead atoms. The zero-order valence-corrected chi connectivity index (χ0v) is 5.56. The maximum atomic E-state index is 12.2. The first-order chi connectivity index (χ1) is 4.63. The van der Waals surface area contributed by atoms with Crippen LogP contribution in [0.2, 0.25) is 0 Å². The monoisotopic (exact) mass is 146 g/mol. The van der Waals surface area contributed by atoms with Crippen LogP contribution in [0.3, 0.4) is 0 Å². The second-order valence-electron chi connectivity index (χ2n) is 1.54. The fraction of sp³-hybridized carbons (Fsp3) is 0.143. The molecule has 0 aromatic heterocycles. The number of halogens is 2. The van der Waals surface area contributed by atoms with Crippen LogP contribution < -0.4 is 0 Å². The van der Waals surface area contributed by atoms with Gasteiger partial charge in [0.2, 0.25) is 0 Å². The lowest BCUT2D eigenvalue weighted by atomic mass is 10.3. The molecule has 0 rings (SSSR count). The van der Waals surface area contributed by atoms with Crippen molar-refractivity contribution in [2.75, 3.05) is 0 Å². The molecule has 0 spiro atoms. The molecular formula is C7H8F2O. The summed E-state index contributed by atoms with van der Waals surface area (Å²) in [6.45, 7) is 4.36. The van der Waals surface area contributed by atoms with E-state index in [-0.39, 0.29) is 0 Å². The maximum Gasteiger partial charge on any atom is 0.187 e. The summed E-state index contributed by atoms with van der Waals surface area (Å²) in [6.07, 6.45) is 1.69. The van der Waals surface area contributed by atoms with Gasteiger partial charge >= 0.3 is 0 Å². The van der Waals surface area contributed by atoms with Crippen LogP contribution in [0.5, 0.6) is 0 Å². The number of allylic oxidation sites excluding steroid dienone is 4. The Bertz CT molecular complexity index is 192. The smallest absolute Gasteiger partial charge is 0.187 e. The zero-order chi connectivity index (χ0) is 8.15. The second-order valence-corrected chi connectivity index (χ2v) is 1.54. The van der Waals surface area contributed by atoms with E-state index in [2.05, 4.69) is 6.58 Å². The molecule has 0 unspecified atom stereocenters. The first-order valence-electron chi connectivity index (χ1n) is 2.66. The van der Waals surface area contributed by atoms with Gasteiger partial charge in [-0.05, 0) is 19.1 Å². The number of hydrogen-bond acceptors (Lipinski definition) is 1. The lowest BCUT2D eigenvalue weighted by Gasteiger charge is -1.93. The van der Waals surface area contributed by atoms with Gasteiger partial charge in [0.1, 0.15) is 0 Å². The van der Waals surface area contributed by atoms with Crippen molar-refractivity contribution in [1.29, 1.82) is 0 Å². The van der Waals surface area contributed by atoms with Crippen LogP contribution in [0.15, 0.2) is 36.1 Å². The van der Waals surface area contributed by atoms with Gasteiger partial charge in [-0.1, -0.05) is 6.58 Å². The second kappa shape index (κ2) is 3.82. The molecule has 0 saturated heterocycles. The summed E-state index contributed by atoms with van der Waals surface area (Å²) in [4.78, 5) is 0. The lowest BCUT2D eigenvalue weighted by molar-refractivity contribution is 0.366. The van der Waals surface area contributed by atoms with Gasteiger partial charge < -0.3 is 5.11 Å². The number of aliphatic hydroxyl groups is 1. The van der Waals surface area contributed by atoms with E-state index >= 15 is 0 Å². The van der Waals surface area contributed by atoms with Gasteiger partial charge in [-0.15, -0.1) is 0 Å². The quantitative estimate of drug-likeness (QED) is 0.469. The van der Waals surface area contributed by atoms with Gasteiger partial charge in [0, 0.05) is 0 Å². The molecule has 0 aromatic carbocycles. The first-order valence-corrected chi connectivity index (χ1v) is 2.66. The van der Waals surface area contributed by atoms with Crippen molar-refractivity contribution in [2.24, 2.45) is 0 Å². The highest BCUT2D eigenvalue weighted by Gasteiger charge is 2.04. The summed E-state index contributed by atoms with van der Waals surface area (Å²) in [6, 6.07) is 0. The van der Waals surface area contributed by atoms with Gasteiger partial charge in [0.25, 0.3) is 0 Å². The predicted octanol–water partition coefficient (Wildman–Crippen LogP) is 2.78. The first kappa shape index (κ1) is 8.88. The van der Waals surface area contributed by atoms with Crippen molar-refractivity contribution in [3.63, 3.8) is 0 Å². The molecule has 0 heterocycles. The molecule has 3 heteroatoms. The van der Waals surface area contributed by atoms with Crippen LogP contribution in [-0.2, 0) is 0 Å². The van der Waals surface area contributed by atoms with E-state index < -0.39 is 17.4 Å². The topological polar surface area (TPSA) is 20.2 Å². The molecule has 0 aliphatic heterocycles. The molecule has 0 aliphatic rings. The van der Waals surface area contributed by atoms with Crippen molar-refractivity contribution in [3.05, 3.63) is 36.1 Å². The molecule has 0 fully saturated rings. The van der Waals surface area contributed by atoms with Crippen molar-refractivity contribution in [1.82, 2.24) is 0 Å². The predicted molar refractivity (Wildman–Crippen MR) is 35.8 cm³/mol. The van der Waals surface area contributed by atoms with Gasteiger partial charge in [-0.2, -0.15) is 0 Å². The molecule has 0 saturated carbocycles. The van der Waals surface area contributed by atoms with Gasteiger partial charge in [0.05, 0.1) is 0 Å². The van der Waals surface area contributed by atoms with Crippen molar-refractivity contribution < 1.29 is 13.9 Å². The molecule has 1 nitrogen and oxygen atoms in total. The van der Waals surface area contributed by atoms with E-state index in [1.54, 1.807) is 0 Å². The van der Waals surface area contributed by atoms with E-state index in [1.807, 2.05) is 0 Å². The molecule has 0 amide bonds. The Kier molecular flexibility index (Phi) is 3.39. The van der Waals surface area contributed by atoms with E-state index in [0.717, 1.165) is 12.2 Å². The molecule has 1 N–H and O–H groups in total. The molecule has 0 radical (unpaired) electrons.